The molecule has 1 unspecified atom stereocenters. The molecule has 1 aromatic carbocycles. The Balaban J connectivity index is 2.32. The maximum Gasteiger partial charge on any atom is 0.0878 e. The van der Waals surface area contributed by atoms with Gasteiger partial charge in [0.2, 0.25) is 0 Å². The Bertz CT molecular complexity index is 495. The van der Waals surface area contributed by atoms with Gasteiger partial charge < -0.3 is 0 Å². The van der Waals surface area contributed by atoms with Gasteiger partial charge >= 0.3 is 0 Å². The fraction of sp³-hybridized carbons (Fsp3) is 0.696. The molecule has 0 heterocycles. The minimum atomic E-state index is -0.264. The molecule has 0 bridgehead atoms. The van der Waals surface area contributed by atoms with Crippen LogP contribution in [0.25, 0.3) is 0 Å². The molecule has 1 saturated carbocycles. The number of hydrogen-bond acceptors (Lipinski definition) is 1. The Hall–Kier alpha value is -1.29. The van der Waals surface area contributed by atoms with Crippen LogP contribution in [0.15, 0.2) is 30.3 Å². The third-order valence-electron chi connectivity index (χ3n) is 6.12. The van der Waals surface area contributed by atoms with E-state index in [9.17, 15) is 5.26 Å². The van der Waals surface area contributed by atoms with Crippen molar-refractivity contribution in [1.82, 2.24) is 0 Å². The molecule has 0 saturated heterocycles. The van der Waals surface area contributed by atoms with Gasteiger partial charge in [0.05, 0.1) is 11.5 Å². The highest BCUT2D eigenvalue weighted by atomic mass is 14.5. The zero-order chi connectivity index (χ0) is 17.3. The predicted molar refractivity (Wildman–Crippen MR) is 103 cm³/mol. The second-order valence-electron chi connectivity index (χ2n) is 7.66. The first-order valence-corrected chi connectivity index (χ1v) is 10.3. The molecule has 0 amide bonds. The van der Waals surface area contributed by atoms with E-state index in [1.54, 1.807) is 0 Å². The van der Waals surface area contributed by atoms with Crippen LogP contribution in [0.5, 0.6) is 0 Å². The first-order valence-electron chi connectivity index (χ1n) is 10.3. The van der Waals surface area contributed by atoms with E-state index in [1.165, 1.54) is 76.2 Å². The first kappa shape index (κ1) is 19.0. The lowest BCUT2D eigenvalue weighted by Crippen LogP contribution is -2.40. The van der Waals surface area contributed by atoms with E-state index in [0.717, 1.165) is 0 Å². The van der Waals surface area contributed by atoms with Gasteiger partial charge in [-0.3, -0.25) is 0 Å². The number of benzene rings is 1. The van der Waals surface area contributed by atoms with Crippen molar-refractivity contribution in [1.29, 1.82) is 5.26 Å². The minimum Gasteiger partial charge on any atom is -0.197 e. The summed E-state index contributed by atoms with van der Waals surface area (Å²) in [6.45, 7) is 4.55. The van der Waals surface area contributed by atoms with Crippen molar-refractivity contribution in [3.8, 4) is 6.07 Å². The van der Waals surface area contributed by atoms with Gasteiger partial charge in [-0.15, -0.1) is 0 Å². The molecule has 1 fully saturated rings. The molecule has 2 atom stereocenters. The second-order valence-corrected chi connectivity index (χ2v) is 7.66. The lowest BCUT2D eigenvalue weighted by molar-refractivity contribution is 0.203. The second kappa shape index (κ2) is 9.87. The standard InChI is InChI=1S/C23H35N/c1-3-5-6-8-14-20(13-4-2)23(19-24,22-17-11-12-18-22)21-15-9-7-10-16-21/h7,9-10,15-16,20,22H,3-6,8,11-14,17-18H2,1-2H3/t20?,23-/m1/s1. The molecule has 132 valence electrons. The summed E-state index contributed by atoms with van der Waals surface area (Å²) < 4.78 is 0. The van der Waals surface area contributed by atoms with Crippen molar-refractivity contribution in [3.05, 3.63) is 35.9 Å². The molecule has 1 aliphatic carbocycles. The van der Waals surface area contributed by atoms with E-state index in [0.29, 0.717) is 11.8 Å². The topological polar surface area (TPSA) is 23.8 Å². The molecular formula is C23H35N. The quantitative estimate of drug-likeness (QED) is 0.424. The SMILES string of the molecule is CCCCCCC(CCC)[C@](C#N)(c1ccccc1)C1CCCC1. The molecule has 1 aliphatic rings. The van der Waals surface area contributed by atoms with Gasteiger partial charge in [0.15, 0.2) is 0 Å². The molecule has 1 aromatic rings. The van der Waals surface area contributed by atoms with Gasteiger partial charge in [0.1, 0.15) is 0 Å². The average Bonchev–Trinajstić information content (AvgIpc) is 3.15. The van der Waals surface area contributed by atoms with E-state index in [2.05, 4.69) is 50.2 Å². The van der Waals surface area contributed by atoms with Crippen molar-refractivity contribution in [2.24, 2.45) is 11.8 Å². The molecular weight excluding hydrogens is 290 g/mol. The summed E-state index contributed by atoms with van der Waals surface area (Å²) in [7, 11) is 0. The van der Waals surface area contributed by atoms with Crippen LogP contribution >= 0.6 is 0 Å². The zero-order valence-electron chi connectivity index (χ0n) is 15.8. The molecule has 24 heavy (non-hydrogen) atoms. The molecule has 1 nitrogen and oxygen atoms in total. The number of nitriles is 1. The van der Waals surface area contributed by atoms with Gasteiger partial charge in [0.25, 0.3) is 0 Å². The number of rotatable bonds is 10. The number of unbranched alkanes of at least 4 members (excludes halogenated alkanes) is 3. The predicted octanol–water partition coefficient (Wildman–Crippen LogP) is 7.02. The lowest BCUT2D eigenvalue weighted by Gasteiger charge is -2.41. The third-order valence-corrected chi connectivity index (χ3v) is 6.12. The molecule has 0 aliphatic heterocycles. The van der Waals surface area contributed by atoms with E-state index < -0.39 is 0 Å². The van der Waals surface area contributed by atoms with Crippen molar-refractivity contribution < 1.29 is 0 Å². The van der Waals surface area contributed by atoms with Crippen molar-refractivity contribution in [2.45, 2.75) is 89.9 Å². The van der Waals surface area contributed by atoms with E-state index >= 15 is 0 Å². The molecule has 0 radical (unpaired) electrons. The van der Waals surface area contributed by atoms with Crippen LogP contribution in [-0.2, 0) is 5.41 Å². The maximum atomic E-state index is 10.4. The summed E-state index contributed by atoms with van der Waals surface area (Å²) in [6.07, 6.45) is 13.9. The van der Waals surface area contributed by atoms with Crippen LogP contribution in [0, 0.1) is 23.2 Å². The Morgan fingerprint density at radius 1 is 1.00 bits per heavy atom. The maximum absolute atomic E-state index is 10.4. The Labute approximate surface area is 149 Å². The highest BCUT2D eigenvalue weighted by molar-refractivity contribution is 5.35. The number of hydrogen-bond donors (Lipinski definition) is 0. The van der Waals surface area contributed by atoms with Crippen LogP contribution in [0.4, 0.5) is 0 Å². The highest BCUT2D eigenvalue weighted by Crippen LogP contribution is 2.49. The third kappa shape index (κ3) is 4.21. The largest absolute Gasteiger partial charge is 0.197 e. The Morgan fingerprint density at radius 2 is 1.71 bits per heavy atom. The summed E-state index contributed by atoms with van der Waals surface area (Å²) in [5.74, 6) is 1.06. The smallest absolute Gasteiger partial charge is 0.0878 e. The zero-order valence-corrected chi connectivity index (χ0v) is 15.8. The fourth-order valence-corrected chi connectivity index (χ4v) is 4.91. The Kier molecular flexibility index (Phi) is 7.83. The van der Waals surface area contributed by atoms with Crippen molar-refractivity contribution in [2.75, 3.05) is 0 Å². The Morgan fingerprint density at radius 3 is 2.29 bits per heavy atom. The van der Waals surface area contributed by atoms with Crippen LogP contribution in [0.1, 0.15) is 90.0 Å². The summed E-state index contributed by atoms with van der Waals surface area (Å²) in [6, 6.07) is 13.7. The molecule has 0 N–H and O–H groups in total. The molecule has 1 heteroatoms. The minimum absolute atomic E-state index is 0.264. The van der Waals surface area contributed by atoms with Crippen molar-refractivity contribution in [3.63, 3.8) is 0 Å². The monoisotopic (exact) mass is 325 g/mol. The summed E-state index contributed by atoms with van der Waals surface area (Å²) in [5, 5.41) is 10.4. The van der Waals surface area contributed by atoms with Gasteiger partial charge in [-0.1, -0.05) is 89.1 Å². The van der Waals surface area contributed by atoms with Crippen LogP contribution in [0.2, 0.25) is 0 Å². The van der Waals surface area contributed by atoms with Crippen LogP contribution in [0.3, 0.4) is 0 Å². The summed E-state index contributed by atoms with van der Waals surface area (Å²) >= 11 is 0. The molecule has 0 aromatic heterocycles. The normalized spacial score (nSPS) is 18.9. The van der Waals surface area contributed by atoms with E-state index in [4.69, 9.17) is 0 Å². The van der Waals surface area contributed by atoms with Gasteiger partial charge in [-0.2, -0.15) is 5.26 Å². The highest BCUT2D eigenvalue weighted by Gasteiger charge is 2.47. The molecule has 2 rings (SSSR count). The summed E-state index contributed by atoms with van der Waals surface area (Å²) in [4.78, 5) is 0. The van der Waals surface area contributed by atoms with Gasteiger partial charge in [-0.05, 0) is 43.1 Å². The first-order chi connectivity index (χ1) is 11.8. The van der Waals surface area contributed by atoms with Gasteiger partial charge in [0, 0.05) is 0 Å². The molecule has 0 spiro atoms. The van der Waals surface area contributed by atoms with Crippen LogP contribution < -0.4 is 0 Å². The van der Waals surface area contributed by atoms with E-state index in [-0.39, 0.29) is 5.41 Å². The summed E-state index contributed by atoms with van der Waals surface area (Å²) in [5.41, 5.74) is 1.02. The number of nitrogens with zero attached hydrogens (tertiary/aromatic N) is 1. The fourth-order valence-electron chi connectivity index (χ4n) is 4.91. The lowest BCUT2D eigenvalue weighted by atomic mass is 9.60. The average molecular weight is 326 g/mol. The van der Waals surface area contributed by atoms with E-state index in [1.807, 2.05) is 0 Å². The van der Waals surface area contributed by atoms with Gasteiger partial charge in [-0.25, -0.2) is 0 Å². The van der Waals surface area contributed by atoms with Crippen molar-refractivity contribution >= 4 is 0 Å². The van der Waals surface area contributed by atoms with Crippen LogP contribution in [-0.4, -0.2) is 0 Å².